The van der Waals surface area contributed by atoms with Gasteiger partial charge in [0.1, 0.15) is 0 Å². The predicted molar refractivity (Wildman–Crippen MR) is 82.0 cm³/mol. The molecule has 0 fully saturated rings. The summed E-state index contributed by atoms with van der Waals surface area (Å²) < 4.78 is 0. The number of rotatable bonds is 4. The van der Waals surface area contributed by atoms with Gasteiger partial charge in [-0.3, -0.25) is 4.79 Å². The maximum Gasteiger partial charge on any atom is 0.303 e. The zero-order valence-corrected chi connectivity index (χ0v) is 11.2. The van der Waals surface area contributed by atoms with Crippen molar-refractivity contribution in [3.05, 3.63) is 60.2 Å². The molecule has 0 heterocycles. The van der Waals surface area contributed by atoms with E-state index >= 15 is 0 Å². The minimum absolute atomic E-state index is 0.223. The van der Waals surface area contributed by atoms with Crippen LogP contribution in [0.2, 0.25) is 0 Å². The standard InChI is InChI=1S/C18H16O2/c19-18(20)11-5-7-14-12-13-6-1-2-8-15(13)17-10-4-3-9-16(14)17/h1-4,6,8-10,12H,5,7,11H2,(H,19,20). The number of hydrogen-bond donors (Lipinski definition) is 1. The van der Waals surface area contributed by atoms with E-state index in [2.05, 4.69) is 42.5 Å². The lowest BCUT2D eigenvalue weighted by molar-refractivity contribution is -0.137. The second-order valence-electron chi connectivity index (χ2n) is 5.05. The number of hydrogen-bond acceptors (Lipinski definition) is 1. The Balaban J connectivity index is 2.11. The fourth-order valence-electron chi connectivity index (χ4n) is 2.77. The fourth-order valence-corrected chi connectivity index (χ4v) is 2.77. The summed E-state index contributed by atoms with van der Waals surface area (Å²) in [6.07, 6.45) is 1.70. The van der Waals surface area contributed by atoms with Crippen LogP contribution in [0.25, 0.3) is 21.5 Å². The lowest BCUT2D eigenvalue weighted by atomic mass is 9.94. The van der Waals surface area contributed by atoms with Gasteiger partial charge in [-0.2, -0.15) is 0 Å². The first-order valence-electron chi connectivity index (χ1n) is 6.87. The van der Waals surface area contributed by atoms with Gasteiger partial charge in [0, 0.05) is 6.42 Å². The second kappa shape index (κ2) is 5.33. The Hall–Kier alpha value is -2.35. The quantitative estimate of drug-likeness (QED) is 0.709. The van der Waals surface area contributed by atoms with Crippen LogP contribution >= 0.6 is 0 Å². The summed E-state index contributed by atoms with van der Waals surface area (Å²) in [4.78, 5) is 10.7. The molecule has 0 unspecified atom stereocenters. The van der Waals surface area contributed by atoms with Gasteiger partial charge in [0.15, 0.2) is 0 Å². The molecule has 2 nitrogen and oxygen atoms in total. The molecule has 1 N–H and O–H groups in total. The van der Waals surface area contributed by atoms with Crippen molar-refractivity contribution in [2.75, 3.05) is 0 Å². The molecule has 0 aliphatic carbocycles. The van der Waals surface area contributed by atoms with Gasteiger partial charge in [0.05, 0.1) is 0 Å². The molecule has 0 aliphatic heterocycles. The second-order valence-corrected chi connectivity index (χ2v) is 5.05. The van der Waals surface area contributed by atoms with E-state index in [4.69, 9.17) is 5.11 Å². The molecule has 3 rings (SSSR count). The SMILES string of the molecule is O=C(O)CCCc1cc2ccccc2c2ccccc12. The number of fused-ring (bicyclic) bond motifs is 3. The summed E-state index contributed by atoms with van der Waals surface area (Å²) >= 11 is 0. The molecular weight excluding hydrogens is 248 g/mol. The highest BCUT2D eigenvalue weighted by molar-refractivity contribution is 6.08. The highest BCUT2D eigenvalue weighted by Gasteiger charge is 2.06. The Labute approximate surface area is 117 Å². The highest BCUT2D eigenvalue weighted by Crippen LogP contribution is 2.29. The summed E-state index contributed by atoms with van der Waals surface area (Å²) in [7, 11) is 0. The average molecular weight is 264 g/mol. The maximum atomic E-state index is 10.7. The molecule has 2 heteroatoms. The summed E-state index contributed by atoms with van der Waals surface area (Å²) in [6.45, 7) is 0. The Bertz CT molecular complexity index is 775. The van der Waals surface area contributed by atoms with E-state index in [1.807, 2.05) is 12.1 Å². The van der Waals surface area contributed by atoms with Crippen LogP contribution in [0.4, 0.5) is 0 Å². The molecule has 0 atom stereocenters. The van der Waals surface area contributed by atoms with Gasteiger partial charge in [-0.15, -0.1) is 0 Å². The summed E-state index contributed by atoms with van der Waals surface area (Å²) in [5.41, 5.74) is 1.24. The van der Waals surface area contributed by atoms with Crippen molar-refractivity contribution in [1.82, 2.24) is 0 Å². The predicted octanol–water partition coefficient (Wildman–Crippen LogP) is 4.40. The molecule has 3 aromatic rings. The molecule has 0 saturated carbocycles. The molecule has 0 bridgehead atoms. The molecule has 0 saturated heterocycles. The third-order valence-electron chi connectivity index (χ3n) is 3.69. The van der Waals surface area contributed by atoms with E-state index in [9.17, 15) is 4.79 Å². The van der Waals surface area contributed by atoms with Crippen molar-refractivity contribution in [3.63, 3.8) is 0 Å². The average Bonchev–Trinajstić information content (AvgIpc) is 2.47. The van der Waals surface area contributed by atoms with Crippen LogP contribution < -0.4 is 0 Å². The maximum absolute atomic E-state index is 10.7. The van der Waals surface area contributed by atoms with Crippen LogP contribution in [-0.2, 0) is 11.2 Å². The zero-order chi connectivity index (χ0) is 13.9. The van der Waals surface area contributed by atoms with Crippen molar-refractivity contribution in [2.24, 2.45) is 0 Å². The van der Waals surface area contributed by atoms with Gasteiger partial charge >= 0.3 is 5.97 Å². The third-order valence-corrected chi connectivity index (χ3v) is 3.69. The van der Waals surface area contributed by atoms with Gasteiger partial charge in [0.2, 0.25) is 0 Å². The van der Waals surface area contributed by atoms with E-state index in [1.54, 1.807) is 0 Å². The lowest BCUT2D eigenvalue weighted by Crippen LogP contribution is -1.96. The first-order chi connectivity index (χ1) is 9.75. The van der Waals surface area contributed by atoms with Gasteiger partial charge < -0.3 is 5.11 Å². The molecule has 0 aliphatic rings. The van der Waals surface area contributed by atoms with Crippen molar-refractivity contribution in [3.8, 4) is 0 Å². The topological polar surface area (TPSA) is 37.3 Å². The molecule has 100 valence electrons. The first-order valence-corrected chi connectivity index (χ1v) is 6.87. The highest BCUT2D eigenvalue weighted by atomic mass is 16.4. The Morgan fingerprint density at radius 3 is 2.30 bits per heavy atom. The zero-order valence-electron chi connectivity index (χ0n) is 11.2. The normalized spacial score (nSPS) is 11.0. The Kier molecular flexibility index (Phi) is 3.38. The monoisotopic (exact) mass is 264 g/mol. The summed E-state index contributed by atoms with van der Waals surface area (Å²) in [5.74, 6) is -0.727. The number of aliphatic carboxylic acids is 1. The number of carboxylic acids is 1. The van der Waals surface area contributed by atoms with Crippen molar-refractivity contribution in [2.45, 2.75) is 19.3 Å². The van der Waals surface area contributed by atoms with E-state index in [-0.39, 0.29) is 6.42 Å². The summed E-state index contributed by atoms with van der Waals surface area (Å²) in [5, 5.41) is 13.7. The van der Waals surface area contributed by atoms with Crippen molar-refractivity contribution in [1.29, 1.82) is 0 Å². The van der Waals surface area contributed by atoms with Crippen LogP contribution in [0.1, 0.15) is 18.4 Å². The minimum Gasteiger partial charge on any atom is -0.481 e. The minimum atomic E-state index is -0.727. The molecule has 0 aromatic heterocycles. The largest absolute Gasteiger partial charge is 0.481 e. The van der Waals surface area contributed by atoms with Crippen LogP contribution in [0.3, 0.4) is 0 Å². The molecule has 3 aromatic carbocycles. The molecular formula is C18H16O2. The Morgan fingerprint density at radius 2 is 1.55 bits per heavy atom. The Morgan fingerprint density at radius 1 is 0.900 bits per heavy atom. The number of benzene rings is 3. The fraction of sp³-hybridized carbons (Fsp3) is 0.167. The van der Waals surface area contributed by atoms with Crippen LogP contribution in [0.15, 0.2) is 54.6 Å². The van der Waals surface area contributed by atoms with Crippen LogP contribution in [0.5, 0.6) is 0 Å². The van der Waals surface area contributed by atoms with Crippen LogP contribution in [-0.4, -0.2) is 11.1 Å². The van der Waals surface area contributed by atoms with Crippen LogP contribution in [0, 0.1) is 0 Å². The van der Waals surface area contributed by atoms with Crippen molar-refractivity contribution >= 4 is 27.5 Å². The smallest absolute Gasteiger partial charge is 0.303 e. The first kappa shape index (κ1) is 12.7. The van der Waals surface area contributed by atoms with E-state index in [0.29, 0.717) is 6.42 Å². The molecule has 0 radical (unpaired) electrons. The third kappa shape index (κ3) is 2.37. The van der Waals surface area contributed by atoms with Gasteiger partial charge in [-0.05, 0) is 39.9 Å². The number of aryl methyl sites for hydroxylation is 1. The lowest BCUT2D eigenvalue weighted by Gasteiger charge is -2.10. The number of carbonyl (C=O) groups is 1. The van der Waals surface area contributed by atoms with Gasteiger partial charge in [-0.1, -0.05) is 54.6 Å². The van der Waals surface area contributed by atoms with E-state index < -0.39 is 5.97 Å². The number of carboxylic acid groups (broad SMARTS) is 1. The van der Waals surface area contributed by atoms with E-state index in [1.165, 1.54) is 27.1 Å². The van der Waals surface area contributed by atoms with Gasteiger partial charge in [-0.25, -0.2) is 0 Å². The van der Waals surface area contributed by atoms with Gasteiger partial charge in [0.25, 0.3) is 0 Å². The molecule has 0 spiro atoms. The summed E-state index contributed by atoms with van der Waals surface area (Å²) in [6, 6.07) is 18.9. The van der Waals surface area contributed by atoms with E-state index in [0.717, 1.165) is 6.42 Å². The molecule has 20 heavy (non-hydrogen) atoms. The molecule has 0 amide bonds. The van der Waals surface area contributed by atoms with Crippen molar-refractivity contribution < 1.29 is 9.90 Å².